The fraction of sp³-hybridized carbons (Fsp3) is 0.450. The van der Waals surface area contributed by atoms with Gasteiger partial charge in [0.05, 0.1) is 23.6 Å². The van der Waals surface area contributed by atoms with E-state index in [-0.39, 0.29) is 24.6 Å². The van der Waals surface area contributed by atoms with Crippen molar-refractivity contribution in [1.29, 1.82) is 5.26 Å². The van der Waals surface area contributed by atoms with Gasteiger partial charge in [-0.25, -0.2) is 13.9 Å². The van der Waals surface area contributed by atoms with Gasteiger partial charge in [0.25, 0.3) is 5.78 Å². The summed E-state index contributed by atoms with van der Waals surface area (Å²) in [4.78, 5) is 23.1. The molecule has 8 nitrogen and oxygen atoms in total. The number of hydrogen-bond donors (Lipinski definition) is 0. The monoisotopic (exact) mass is 429 g/mol. The summed E-state index contributed by atoms with van der Waals surface area (Å²) < 4.78 is 41.8. The third-order valence-electron chi connectivity index (χ3n) is 5.94. The van der Waals surface area contributed by atoms with E-state index >= 15 is 0 Å². The zero-order valence-electron chi connectivity index (χ0n) is 16.6. The molecule has 3 aromatic heterocycles. The Hall–Kier alpha value is -3.42. The number of nitrogens with zero attached hydrogens (tertiary/aromatic N) is 7. The first-order valence-corrected chi connectivity index (χ1v) is 9.87. The van der Waals surface area contributed by atoms with Crippen molar-refractivity contribution >= 4 is 11.6 Å². The maximum Gasteiger partial charge on any atom is 0.417 e. The number of pyridine rings is 1. The average molecular weight is 429 g/mol. The zero-order chi connectivity index (χ0) is 22.0. The summed E-state index contributed by atoms with van der Waals surface area (Å²) in [6, 6.07) is 3.39. The largest absolute Gasteiger partial charge is 0.417 e. The highest BCUT2D eigenvalue weighted by Crippen LogP contribution is 2.45. The van der Waals surface area contributed by atoms with E-state index < -0.39 is 17.2 Å². The Kier molecular flexibility index (Phi) is 4.12. The second-order valence-corrected chi connectivity index (χ2v) is 8.25. The molecular formula is C20H18F3N7O. The first-order chi connectivity index (χ1) is 14.7. The minimum absolute atomic E-state index is 0.201. The molecule has 0 aromatic carbocycles. The molecule has 0 amide bonds. The SMILES string of the molecule is Cc1cn2c(=O)n(CC3(C#N)CC3)nc2nc1N1CCc2ncc(C(F)(F)F)cc2C1. The lowest BCUT2D eigenvalue weighted by Crippen LogP contribution is -2.33. The van der Waals surface area contributed by atoms with Crippen LogP contribution in [0.25, 0.3) is 5.78 Å². The predicted molar refractivity (Wildman–Crippen MR) is 103 cm³/mol. The zero-order valence-corrected chi connectivity index (χ0v) is 16.6. The molecule has 31 heavy (non-hydrogen) atoms. The van der Waals surface area contributed by atoms with Gasteiger partial charge >= 0.3 is 11.9 Å². The minimum Gasteiger partial charge on any atom is -0.351 e. The van der Waals surface area contributed by atoms with Crippen LogP contribution in [0, 0.1) is 23.7 Å². The van der Waals surface area contributed by atoms with Gasteiger partial charge in [0.1, 0.15) is 5.82 Å². The molecule has 5 rings (SSSR count). The van der Waals surface area contributed by atoms with E-state index in [1.165, 1.54) is 9.08 Å². The predicted octanol–water partition coefficient (Wildman–Crippen LogP) is 2.48. The van der Waals surface area contributed by atoms with Gasteiger partial charge in [0.2, 0.25) is 0 Å². The summed E-state index contributed by atoms with van der Waals surface area (Å²) in [6.07, 6.45) is 0.0249. The van der Waals surface area contributed by atoms with Gasteiger partial charge in [-0.15, -0.1) is 5.10 Å². The highest BCUT2D eigenvalue weighted by molar-refractivity contribution is 5.52. The molecule has 0 bridgehead atoms. The fourth-order valence-corrected chi connectivity index (χ4v) is 3.96. The van der Waals surface area contributed by atoms with Gasteiger partial charge in [0, 0.05) is 43.2 Å². The Bertz CT molecular complexity index is 1300. The molecule has 1 aliphatic heterocycles. The molecule has 1 saturated carbocycles. The van der Waals surface area contributed by atoms with Crippen molar-refractivity contribution in [2.24, 2.45) is 5.41 Å². The van der Waals surface area contributed by atoms with Crippen molar-refractivity contribution in [3.63, 3.8) is 0 Å². The summed E-state index contributed by atoms with van der Waals surface area (Å²) in [7, 11) is 0. The second kappa shape index (κ2) is 6.54. The maximum atomic E-state index is 13.1. The number of aromatic nitrogens is 5. The summed E-state index contributed by atoms with van der Waals surface area (Å²) in [5.41, 5.74) is 0.203. The molecule has 160 valence electrons. The summed E-state index contributed by atoms with van der Waals surface area (Å²) in [5.74, 6) is 0.765. The Morgan fingerprint density at radius 3 is 2.77 bits per heavy atom. The topological polar surface area (TPSA) is 92.1 Å². The van der Waals surface area contributed by atoms with E-state index in [4.69, 9.17) is 0 Å². The van der Waals surface area contributed by atoms with Crippen molar-refractivity contribution in [2.75, 3.05) is 11.4 Å². The fourth-order valence-electron chi connectivity index (χ4n) is 3.96. The molecule has 2 aliphatic rings. The highest BCUT2D eigenvalue weighted by atomic mass is 19.4. The summed E-state index contributed by atoms with van der Waals surface area (Å²) in [6.45, 7) is 2.79. The molecule has 0 atom stereocenters. The number of rotatable bonds is 3. The number of halogens is 3. The lowest BCUT2D eigenvalue weighted by molar-refractivity contribution is -0.137. The van der Waals surface area contributed by atoms with Gasteiger partial charge in [-0.05, 0) is 31.4 Å². The van der Waals surface area contributed by atoms with Crippen LogP contribution in [0.2, 0.25) is 0 Å². The number of aryl methyl sites for hydroxylation is 1. The van der Waals surface area contributed by atoms with Crippen molar-refractivity contribution in [3.05, 3.63) is 51.3 Å². The smallest absolute Gasteiger partial charge is 0.351 e. The second-order valence-electron chi connectivity index (χ2n) is 8.25. The molecule has 0 spiro atoms. The quantitative estimate of drug-likeness (QED) is 0.635. The molecule has 0 saturated heterocycles. The van der Waals surface area contributed by atoms with Crippen LogP contribution in [0.3, 0.4) is 0 Å². The molecule has 11 heteroatoms. The van der Waals surface area contributed by atoms with Crippen molar-refractivity contribution in [1.82, 2.24) is 24.1 Å². The molecular weight excluding hydrogens is 411 g/mol. The van der Waals surface area contributed by atoms with Crippen LogP contribution in [-0.4, -0.2) is 30.7 Å². The van der Waals surface area contributed by atoms with Crippen molar-refractivity contribution < 1.29 is 13.2 Å². The number of nitriles is 1. The summed E-state index contributed by atoms with van der Waals surface area (Å²) in [5, 5.41) is 13.6. The Morgan fingerprint density at radius 2 is 2.10 bits per heavy atom. The van der Waals surface area contributed by atoms with Crippen LogP contribution >= 0.6 is 0 Å². The third-order valence-corrected chi connectivity index (χ3v) is 5.94. The van der Waals surface area contributed by atoms with Gasteiger partial charge < -0.3 is 4.90 Å². The van der Waals surface area contributed by atoms with E-state index in [1.54, 1.807) is 13.1 Å². The van der Waals surface area contributed by atoms with Gasteiger partial charge in [-0.3, -0.25) is 4.98 Å². The maximum absolute atomic E-state index is 13.1. The molecule has 1 aliphatic carbocycles. The molecule has 3 aromatic rings. The standard InChI is InChI=1S/C20H18F3N7O/c1-12-8-29-17(27-30(18(29)31)11-19(10-24)3-4-19)26-16(12)28-5-2-15-13(9-28)6-14(7-25-15)20(21,22)23/h6-8H,2-5,9,11H2,1H3. The van der Waals surface area contributed by atoms with Crippen LogP contribution in [0.5, 0.6) is 0 Å². The van der Waals surface area contributed by atoms with Crippen LogP contribution < -0.4 is 10.6 Å². The van der Waals surface area contributed by atoms with Crippen LogP contribution in [0.1, 0.15) is 35.2 Å². The molecule has 4 heterocycles. The minimum atomic E-state index is -4.45. The van der Waals surface area contributed by atoms with Gasteiger partial charge in [-0.2, -0.15) is 23.4 Å². The number of alkyl halides is 3. The van der Waals surface area contributed by atoms with Crippen LogP contribution in [-0.2, 0) is 25.7 Å². The molecule has 0 radical (unpaired) electrons. The highest BCUT2D eigenvalue weighted by Gasteiger charge is 2.44. The van der Waals surface area contributed by atoms with Crippen molar-refractivity contribution in [2.45, 2.75) is 45.5 Å². The Morgan fingerprint density at radius 1 is 1.32 bits per heavy atom. The van der Waals surface area contributed by atoms with E-state index in [0.717, 1.165) is 25.1 Å². The third kappa shape index (κ3) is 3.32. The number of fused-ring (bicyclic) bond motifs is 2. The average Bonchev–Trinajstić information content (AvgIpc) is 3.45. The number of hydrogen-bond acceptors (Lipinski definition) is 6. The molecule has 0 N–H and O–H groups in total. The Labute approximate surface area is 174 Å². The van der Waals surface area contributed by atoms with Gasteiger partial charge in [-0.1, -0.05) is 0 Å². The first kappa shape index (κ1) is 19.5. The van der Waals surface area contributed by atoms with Crippen LogP contribution in [0.15, 0.2) is 23.3 Å². The number of anilines is 1. The lowest BCUT2D eigenvalue weighted by atomic mass is 10.0. The van der Waals surface area contributed by atoms with E-state index in [1.807, 2.05) is 4.90 Å². The van der Waals surface area contributed by atoms with E-state index in [2.05, 4.69) is 21.1 Å². The van der Waals surface area contributed by atoms with E-state index in [9.17, 15) is 23.2 Å². The van der Waals surface area contributed by atoms with E-state index in [0.29, 0.717) is 35.6 Å². The van der Waals surface area contributed by atoms with Gasteiger partial charge in [0.15, 0.2) is 0 Å². The van der Waals surface area contributed by atoms with Crippen molar-refractivity contribution in [3.8, 4) is 6.07 Å². The molecule has 1 fully saturated rings. The summed E-state index contributed by atoms with van der Waals surface area (Å²) >= 11 is 0. The van der Waals surface area contributed by atoms with Crippen LogP contribution in [0.4, 0.5) is 19.0 Å². The first-order valence-electron chi connectivity index (χ1n) is 9.87. The lowest BCUT2D eigenvalue weighted by Gasteiger charge is -2.30. The normalized spacial score (nSPS) is 17.5. The Balaban J connectivity index is 1.49. The molecule has 0 unspecified atom stereocenters.